The van der Waals surface area contributed by atoms with Gasteiger partial charge in [0, 0.05) is 12.2 Å². The summed E-state index contributed by atoms with van der Waals surface area (Å²) in [7, 11) is 0. The molecule has 0 fully saturated rings. The van der Waals surface area contributed by atoms with Crippen molar-refractivity contribution in [3.8, 4) is 0 Å². The Bertz CT molecular complexity index is 535. The second-order valence-electron chi connectivity index (χ2n) is 3.87. The first kappa shape index (κ1) is 12.5. The van der Waals surface area contributed by atoms with E-state index in [4.69, 9.17) is 17.3 Å². The molecule has 2 aromatic rings. The third-order valence-electron chi connectivity index (χ3n) is 2.57. The molecule has 18 heavy (non-hydrogen) atoms. The van der Waals surface area contributed by atoms with Crippen LogP contribution in [0.1, 0.15) is 15.9 Å². The molecule has 0 aromatic heterocycles. The van der Waals surface area contributed by atoms with E-state index in [9.17, 15) is 4.79 Å². The third-order valence-corrected chi connectivity index (χ3v) is 2.88. The van der Waals surface area contributed by atoms with Crippen LogP contribution in [0.2, 0.25) is 5.02 Å². The Hall–Kier alpha value is -2.00. The monoisotopic (exact) mass is 260 g/mol. The number of hydrogen-bond donors (Lipinski definition) is 2. The van der Waals surface area contributed by atoms with Gasteiger partial charge in [-0.3, -0.25) is 4.79 Å². The molecule has 2 rings (SSSR count). The van der Waals surface area contributed by atoms with E-state index in [0.29, 0.717) is 22.8 Å². The number of amides is 1. The van der Waals surface area contributed by atoms with Crippen molar-refractivity contribution in [1.29, 1.82) is 0 Å². The fraction of sp³-hybridized carbons (Fsp3) is 0.0714. The van der Waals surface area contributed by atoms with Crippen molar-refractivity contribution in [1.82, 2.24) is 5.32 Å². The summed E-state index contributed by atoms with van der Waals surface area (Å²) >= 11 is 5.97. The lowest BCUT2D eigenvalue weighted by atomic mass is 10.1. The Morgan fingerprint density at radius 3 is 2.50 bits per heavy atom. The summed E-state index contributed by atoms with van der Waals surface area (Å²) in [6, 6.07) is 14.7. The van der Waals surface area contributed by atoms with Crippen molar-refractivity contribution in [2.75, 3.05) is 5.73 Å². The predicted molar refractivity (Wildman–Crippen MR) is 73.5 cm³/mol. The minimum atomic E-state index is -0.262. The van der Waals surface area contributed by atoms with Gasteiger partial charge in [-0.05, 0) is 17.7 Å². The van der Waals surface area contributed by atoms with Gasteiger partial charge in [0.05, 0.1) is 10.6 Å². The summed E-state index contributed by atoms with van der Waals surface area (Å²) in [6.07, 6.45) is 0. The number of carbonyl (C=O) groups is 1. The van der Waals surface area contributed by atoms with Crippen LogP contribution in [0.5, 0.6) is 0 Å². The molecule has 0 aliphatic rings. The molecular formula is C14H13ClN2O. The van der Waals surface area contributed by atoms with Crippen LogP contribution < -0.4 is 11.1 Å². The number of nitrogen functional groups attached to an aromatic ring is 1. The molecular weight excluding hydrogens is 248 g/mol. The molecule has 3 N–H and O–H groups in total. The van der Waals surface area contributed by atoms with Crippen LogP contribution in [0, 0.1) is 0 Å². The third kappa shape index (κ3) is 2.81. The number of nitrogens with two attached hydrogens (primary N) is 1. The maximum absolute atomic E-state index is 12.0. The van der Waals surface area contributed by atoms with Crippen molar-refractivity contribution in [2.24, 2.45) is 0 Å². The Morgan fingerprint density at radius 2 is 1.83 bits per heavy atom. The molecule has 92 valence electrons. The smallest absolute Gasteiger partial charge is 0.255 e. The number of carbonyl (C=O) groups excluding carboxylic acids is 1. The predicted octanol–water partition coefficient (Wildman–Crippen LogP) is 2.85. The van der Waals surface area contributed by atoms with E-state index < -0.39 is 0 Å². The molecule has 0 saturated heterocycles. The van der Waals surface area contributed by atoms with Gasteiger partial charge >= 0.3 is 0 Å². The van der Waals surface area contributed by atoms with E-state index in [2.05, 4.69) is 5.32 Å². The van der Waals surface area contributed by atoms with Gasteiger partial charge < -0.3 is 11.1 Å². The molecule has 0 unspecified atom stereocenters. The Morgan fingerprint density at radius 1 is 1.11 bits per heavy atom. The summed E-state index contributed by atoms with van der Waals surface area (Å²) in [5.74, 6) is -0.262. The molecule has 1 amide bonds. The van der Waals surface area contributed by atoms with E-state index in [1.807, 2.05) is 30.3 Å². The first-order chi connectivity index (χ1) is 8.68. The molecule has 0 spiro atoms. The van der Waals surface area contributed by atoms with Crippen LogP contribution in [0.25, 0.3) is 0 Å². The maximum atomic E-state index is 12.0. The van der Waals surface area contributed by atoms with Crippen LogP contribution >= 0.6 is 11.6 Å². The Kier molecular flexibility index (Phi) is 3.85. The fourth-order valence-electron chi connectivity index (χ4n) is 1.65. The van der Waals surface area contributed by atoms with E-state index >= 15 is 0 Å². The number of hydrogen-bond acceptors (Lipinski definition) is 2. The largest absolute Gasteiger partial charge is 0.398 e. The average molecular weight is 261 g/mol. The van der Waals surface area contributed by atoms with Crippen molar-refractivity contribution in [3.05, 3.63) is 64.7 Å². The topological polar surface area (TPSA) is 55.1 Å². The Labute approximate surface area is 111 Å². The fourth-order valence-corrected chi connectivity index (χ4v) is 1.91. The molecule has 0 atom stereocenters. The zero-order chi connectivity index (χ0) is 13.0. The van der Waals surface area contributed by atoms with Crippen molar-refractivity contribution >= 4 is 23.2 Å². The van der Waals surface area contributed by atoms with Gasteiger partial charge in [0.15, 0.2) is 0 Å². The van der Waals surface area contributed by atoms with Gasteiger partial charge in [0.1, 0.15) is 0 Å². The van der Waals surface area contributed by atoms with E-state index in [-0.39, 0.29) is 5.91 Å². The maximum Gasteiger partial charge on any atom is 0.255 e. The standard InChI is InChI=1S/C14H13ClN2O/c15-11-7-4-8-12(16)13(11)14(18)17-9-10-5-2-1-3-6-10/h1-8H,9,16H2,(H,17,18). The molecule has 0 heterocycles. The Balaban J connectivity index is 2.09. The van der Waals surface area contributed by atoms with E-state index in [1.54, 1.807) is 18.2 Å². The second-order valence-corrected chi connectivity index (χ2v) is 4.28. The lowest BCUT2D eigenvalue weighted by molar-refractivity contribution is 0.0952. The summed E-state index contributed by atoms with van der Waals surface area (Å²) in [5, 5.41) is 3.16. The molecule has 3 nitrogen and oxygen atoms in total. The van der Waals surface area contributed by atoms with Gasteiger partial charge in [-0.25, -0.2) is 0 Å². The highest BCUT2D eigenvalue weighted by molar-refractivity contribution is 6.34. The van der Waals surface area contributed by atoms with Crippen LogP contribution in [-0.4, -0.2) is 5.91 Å². The van der Waals surface area contributed by atoms with Crippen molar-refractivity contribution < 1.29 is 4.79 Å². The quantitative estimate of drug-likeness (QED) is 0.834. The molecule has 0 radical (unpaired) electrons. The van der Waals surface area contributed by atoms with E-state index in [1.165, 1.54) is 0 Å². The molecule has 0 aliphatic carbocycles. The van der Waals surface area contributed by atoms with Crippen molar-refractivity contribution in [3.63, 3.8) is 0 Å². The lowest BCUT2D eigenvalue weighted by Crippen LogP contribution is -2.24. The van der Waals surface area contributed by atoms with Crippen LogP contribution in [0.15, 0.2) is 48.5 Å². The first-order valence-electron chi connectivity index (χ1n) is 5.54. The first-order valence-corrected chi connectivity index (χ1v) is 5.92. The van der Waals surface area contributed by atoms with Crippen LogP contribution in [0.4, 0.5) is 5.69 Å². The molecule has 0 saturated carbocycles. The number of halogens is 1. The number of benzene rings is 2. The summed E-state index contributed by atoms with van der Waals surface area (Å²) < 4.78 is 0. The number of nitrogens with one attached hydrogen (secondary N) is 1. The number of anilines is 1. The second kappa shape index (κ2) is 5.56. The SMILES string of the molecule is Nc1cccc(Cl)c1C(=O)NCc1ccccc1. The van der Waals surface area contributed by atoms with Gasteiger partial charge in [0.25, 0.3) is 5.91 Å². The lowest BCUT2D eigenvalue weighted by Gasteiger charge is -2.09. The molecule has 4 heteroatoms. The normalized spacial score (nSPS) is 10.1. The highest BCUT2D eigenvalue weighted by Crippen LogP contribution is 2.21. The molecule has 0 bridgehead atoms. The van der Waals surface area contributed by atoms with Gasteiger partial charge in [0.2, 0.25) is 0 Å². The molecule has 0 aliphatic heterocycles. The summed E-state index contributed by atoms with van der Waals surface area (Å²) in [4.78, 5) is 12.0. The summed E-state index contributed by atoms with van der Waals surface area (Å²) in [6.45, 7) is 0.449. The van der Waals surface area contributed by atoms with Crippen LogP contribution in [-0.2, 0) is 6.54 Å². The van der Waals surface area contributed by atoms with Gasteiger partial charge in [-0.2, -0.15) is 0 Å². The average Bonchev–Trinajstić information content (AvgIpc) is 2.37. The van der Waals surface area contributed by atoms with Gasteiger partial charge in [-0.15, -0.1) is 0 Å². The highest BCUT2D eigenvalue weighted by Gasteiger charge is 2.13. The highest BCUT2D eigenvalue weighted by atomic mass is 35.5. The summed E-state index contributed by atoms with van der Waals surface area (Å²) in [5.41, 5.74) is 7.48. The number of rotatable bonds is 3. The molecule has 2 aromatic carbocycles. The zero-order valence-corrected chi connectivity index (χ0v) is 10.4. The minimum absolute atomic E-state index is 0.262. The zero-order valence-electron chi connectivity index (χ0n) is 9.69. The minimum Gasteiger partial charge on any atom is -0.398 e. The van der Waals surface area contributed by atoms with Crippen molar-refractivity contribution in [2.45, 2.75) is 6.54 Å². The van der Waals surface area contributed by atoms with E-state index in [0.717, 1.165) is 5.56 Å². The van der Waals surface area contributed by atoms with Gasteiger partial charge in [-0.1, -0.05) is 48.0 Å². The van der Waals surface area contributed by atoms with Crippen LogP contribution in [0.3, 0.4) is 0 Å².